The first-order chi connectivity index (χ1) is 13.5. The molecule has 2 unspecified atom stereocenters. The summed E-state index contributed by atoms with van der Waals surface area (Å²) in [7, 11) is 0. The number of carbonyl (C=O) groups excluding carboxylic acids is 1. The van der Waals surface area contributed by atoms with Gasteiger partial charge in [-0.25, -0.2) is 9.18 Å². The van der Waals surface area contributed by atoms with Crippen LogP contribution in [-0.4, -0.2) is 18.2 Å². The van der Waals surface area contributed by atoms with Gasteiger partial charge in [-0.05, 0) is 82.8 Å². The fourth-order valence-electron chi connectivity index (χ4n) is 4.64. The Bertz CT molecular complexity index is 788. The van der Waals surface area contributed by atoms with E-state index >= 15 is 0 Å². The van der Waals surface area contributed by atoms with Crippen LogP contribution in [0.1, 0.15) is 95.0 Å². The van der Waals surface area contributed by atoms with Gasteiger partial charge in [0.05, 0.1) is 12.2 Å². The Morgan fingerprint density at radius 3 is 2.55 bits per heavy atom. The van der Waals surface area contributed by atoms with Crippen LogP contribution in [0.3, 0.4) is 0 Å². The van der Waals surface area contributed by atoms with Crippen molar-refractivity contribution in [3.8, 4) is 5.75 Å². The molecule has 2 aliphatic carbocycles. The van der Waals surface area contributed by atoms with Gasteiger partial charge >= 0.3 is 5.97 Å². The summed E-state index contributed by atoms with van der Waals surface area (Å²) in [5, 5.41) is 0. The molecular weight excluding hydrogens is 367 g/mol. The van der Waals surface area contributed by atoms with E-state index in [4.69, 9.17) is 9.47 Å². The SMILES string of the molecule is C=C1CC(C)CC(CC)(COc2cc(F)c(C(=O)OC(C)(C)C)c(C3CC3)c2)C1. The van der Waals surface area contributed by atoms with Gasteiger partial charge in [0.25, 0.3) is 0 Å². The Hall–Kier alpha value is -1.84. The van der Waals surface area contributed by atoms with Gasteiger partial charge in [0.1, 0.15) is 17.2 Å². The zero-order chi connectivity index (χ0) is 21.4. The summed E-state index contributed by atoms with van der Waals surface area (Å²) >= 11 is 0. The molecule has 1 aromatic rings. The molecule has 3 rings (SSSR count). The highest BCUT2D eigenvalue weighted by atomic mass is 19.1. The van der Waals surface area contributed by atoms with Crippen molar-refractivity contribution in [3.63, 3.8) is 0 Å². The summed E-state index contributed by atoms with van der Waals surface area (Å²) in [4.78, 5) is 12.6. The van der Waals surface area contributed by atoms with Crippen LogP contribution in [-0.2, 0) is 4.74 Å². The topological polar surface area (TPSA) is 35.5 Å². The maximum Gasteiger partial charge on any atom is 0.341 e. The third-order valence-electron chi connectivity index (χ3n) is 6.05. The summed E-state index contributed by atoms with van der Waals surface area (Å²) in [5.41, 5.74) is 1.46. The number of halogens is 1. The average molecular weight is 403 g/mol. The molecule has 0 amide bonds. The van der Waals surface area contributed by atoms with Gasteiger partial charge in [-0.3, -0.25) is 0 Å². The number of esters is 1. The molecule has 0 heterocycles. The standard InChI is InChI=1S/C25H35FO3/c1-7-25(13-16(2)10-17(3)14-25)15-28-19-11-20(18-8-9-18)22(21(26)12-19)23(27)29-24(4,5)6/h11-12,17-18H,2,7-10,13-15H2,1,3-6H3. The van der Waals surface area contributed by atoms with Crippen LogP contribution in [0, 0.1) is 17.2 Å². The number of benzene rings is 1. The Kier molecular flexibility index (Phi) is 6.12. The van der Waals surface area contributed by atoms with E-state index in [2.05, 4.69) is 20.4 Å². The lowest BCUT2D eigenvalue weighted by molar-refractivity contribution is 0.00631. The molecule has 4 heteroatoms. The highest BCUT2D eigenvalue weighted by Gasteiger charge is 2.37. The molecule has 0 aliphatic heterocycles. The van der Waals surface area contributed by atoms with E-state index in [1.54, 1.807) is 20.8 Å². The predicted octanol–water partition coefficient (Wildman–Crippen LogP) is 6.81. The third kappa shape index (κ3) is 5.40. The van der Waals surface area contributed by atoms with Gasteiger partial charge in [0.15, 0.2) is 0 Å². The van der Waals surface area contributed by atoms with Crippen LogP contribution < -0.4 is 4.74 Å². The number of allylic oxidation sites excluding steroid dienone is 1. The highest BCUT2D eigenvalue weighted by molar-refractivity contribution is 5.92. The molecule has 160 valence electrons. The molecular formula is C25H35FO3. The lowest BCUT2D eigenvalue weighted by Crippen LogP contribution is -2.34. The van der Waals surface area contributed by atoms with Crippen LogP contribution >= 0.6 is 0 Å². The van der Waals surface area contributed by atoms with E-state index in [9.17, 15) is 9.18 Å². The van der Waals surface area contributed by atoms with Crippen molar-refractivity contribution in [2.75, 3.05) is 6.61 Å². The number of hydrogen-bond acceptors (Lipinski definition) is 3. The molecule has 2 atom stereocenters. The first kappa shape index (κ1) is 21.9. The molecule has 29 heavy (non-hydrogen) atoms. The van der Waals surface area contributed by atoms with E-state index in [1.807, 2.05) is 6.07 Å². The van der Waals surface area contributed by atoms with Crippen molar-refractivity contribution in [1.29, 1.82) is 0 Å². The third-order valence-corrected chi connectivity index (χ3v) is 6.05. The minimum Gasteiger partial charge on any atom is -0.493 e. The second-order valence-electron chi connectivity index (χ2n) is 10.2. The molecule has 0 N–H and O–H groups in total. The lowest BCUT2D eigenvalue weighted by atomic mass is 9.67. The van der Waals surface area contributed by atoms with Crippen molar-refractivity contribution in [2.24, 2.45) is 11.3 Å². The smallest absolute Gasteiger partial charge is 0.341 e. The molecule has 2 saturated carbocycles. The van der Waals surface area contributed by atoms with Gasteiger partial charge in [-0.2, -0.15) is 0 Å². The quantitative estimate of drug-likeness (QED) is 0.387. The van der Waals surface area contributed by atoms with Gasteiger partial charge in [-0.15, -0.1) is 0 Å². The largest absolute Gasteiger partial charge is 0.493 e. The van der Waals surface area contributed by atoms with Gasteiger partial charge in [-0.1, -0.05) is 26.0 Å². The summed E-state index contributed by atoms with van der Waals surface area (Å²) in [6.07, 6.45) is 6.07. The maximum atomic E-state index is 15.0. The first-order valence-electron chi connectivity index (χ1n) is 10.9. The molecule has 1 aromatic carbocycles. The highest BCUT2D eigenvalue weighted by Crippen LogP contribution is 2.46. The van der Waals surface area contributed by atoms with Crippen LogP contribution in [0.15, 0.2) is 24.3 Å². The van der Waals surface area contributed by atoms with Crippen LogP contribution in [0.5, 0.6) is 5.75 Å². The molecule has 2 aliphatic rings. The number of rotatable bonds is 6. The van der Waals surface area contributed by atoms with Crippen molar-refractivity contribution in [2.45, 2.75) is 84.7 Å². The predicted molar refractivity (Wildman–Crippen MR) is 114 cm³/mol. The van der Waals surface area contributed by atoms with E-state index in [0.29, 0.717) is 18.3 Å². The molecule has 0 aromatic heterocycles. The van der Waals surface area contributed by atoms with Crippen molar-refractivity contribution >= 4 is 5.97 Å². The van der Waals surface area contributed by atoms with Crippen LogP contribution in [0.4, 0.5) is 4.39 Å². The van der Waals surface area contributed by atoms with Gasteiger partial charge in [0.2, 0.25) is 0 Å². The average Bonchev–Trinajstić information content (AvgIpc) is 3.42. The summed E-state index contributed by atoms with van der Waals surface area (Å²) in [6.45, 7) is 14.6. The normalized spacial score (nSPS) is 25.0. The first-order valence-corrected chi connectivity index (χ1v) is 10.9. The van der Waals surface area contributed by atoms with E-state index in [0.717, 1.165) is 44.1 Å². The van der Waals surface area contributed by atoms with Crippen molar-refractivity contribution < 1.29 is 18.7 Å². The van der Waals surface area contributed by atoms with Crippen LogP contribution in [0.2, 0.25) is 0 Å². The number of carbonyl (C=O) groups is 1. The van der Waals surface area contributed by atoms with E-state index in [1.165, 1.54) is 11.6 Å². The minimum atomic E-state index is -0.660. The van der Waals surface area contributed by atoms with Crippen LogP contribution in [0.25, 0.3) is 0 Å². The second kappa shape index (κ2) is 8.12. The minimum absolute atomic E-state index is 0.0504. The summed E-state index contributed by atoms with van der Waals surface area (Å²) in [5.74, 6) is 0.170. The monoisotopic (exact) mass is 402 g/mol. The summed E-state index contributed by atoms with van der Waals surface area (Å²) < 4.78 is 26.6. The molecule has 0 bridgehead atoms. The number of hydrogen-bond donors (Lipinski definition) is 0. The zero-order valence-electron chi connectivity index (χ0n) is 18.6. The molecule has 0 radical (unpaired) electrons. The maximum absolute atomic E-state index is 15.0. The van der Waals surface area contributed by atoms with E-state index < -0.39 is 17.4 Å². The Morgan fingerprint density at radius 1 is 1.31 bits per heavy atom. The molecule has 3 nitrogen and oxygen atoms in total. The Labute approximate surface area is 174 Å². The second-order valence-corrected chi connectivity index (χ2v) is 10.2. The zero-order valence-corrected chi connectivity index (χ0v) is 18.6. The lowest BCUT2D eigenvalue weighted by Gasteiger charge is -2.40. The van der Waals surface area contributed by atoms with E-state index in [-0.39, 0.29) is 16.9 Å². The van der Waals surface area contributed by atoms with Gasteiger partial charge in [0, 0.05) is 11.5 Å². The van der Waals surface area contributed by atoms with Gasteiger partial charge < -0.3 is 9.47 Å². The molecule has 0 saturated heterocycles. The summed E-state index contributed by atoms with van der Waals surface area (Å²) in [6, 6.07) is 3.19. The number of ether oxygens (including phenoxy) is 2. The molecule has 0 spiro atoms. The molecule has 2 fully saturated rings. The Morgan fingerprint density at radius 2 is 2.00 bits per heavy atom. The fourth-order valence-corrected chi connectivity index (χ4v) is 4.64. The van der Waals surface area contributed by atoms with Crippen molar-refractivity contribution in [1.82, 2.24) is 0 Å². The Balaban J connectivity index is 1.82. The van der Waals surface area contributed by atoms with Crippen molar-refractivity contribution in [3.05, 3.63) is 41.2 Å². The fraction of sp³-hybridized carbons (Fsp3) is 0.640.